The van der Waals surface area contributed by atoms with Gasteiger partial charge in [0.2, 0.25) is 5.91 Å². The molecule has 1 saturated heterocycles. The van der Waals surface area contributed by atoms with Crippen molar-refractivity contribution in [1.29, 1.82) is 0 Å². The van der Waals surface area contributed by atoms with Gasteiger partial charge in [-0.25, -0.2) is 4.79 Å². The van der Waals surface area contributed by atoms with E-state index < -0.39 is 11.5 Å². The van der Waals surface area contributed by atoms with Gasteiger partial charge in [0.15, 0.2) is 0 Å². The van der Waals surface area contributed by atoms with Crippen LogP contribution in [0.1, 0.15) is 44.9 Å². The number of hydrogen-bond acceptors (Lipinski definition) is 4. The summed E-state index contributed by atoms with van der Waals surface area (Å²) in [6.45, 7) is 0. The Morgan fingerprint density at radius 2 is 1.85 bits per heavy atom. The van der Waals surface area contributed by atoms with Gasteiger partial charge in [-0.3, -0.25) is 4.79 Å². The van der Waals surface area contributed by atoms with Crippen molar-refractivity contribution in [2.24, 2.45) is 0 Å². The lowest BCUT2D eigenvalue weighted by Gasteiger charge is -2.30. The standard InChI is InChI=1S/C14H23NO3S2/c16-12(9-11-10-19-7-8-20-11)15-14(13(17)18)5-3-1-2-4-6-14/h11H,1-10H2,(H,15,16)(H,17,18). The molecule has 0 radical (unpaired) electrons. The Balaban J connectivity index is 1.92. The first kappa shape index (κ1) is 16.0. The van der Waals surface area contributed by atoms with Crippen molar-refractivity contribution in [3.05, 3.63) is 0 Å². The van der Waals surface area contributed by atoms with Crippen molar-refractivity contribution in [1.82, 2.24) is 5.32 Å². The molecule has 0 aromatic heterocycles. The Morgan fingerprint density at radius 3 is 2.40 bits per heavy atom. The Kier molecular flexibility index (Phi) is 6.08. The third-order valence-electron chi connectivity index (χ3n) is 4.04. The molecule has 2 aliphatic rings. The summed E-state index contributed by atoms with van der Waals surface area (Å²) in [7, 11) is 0. The fourth-order valence-corrected chi connectivity index (χ4v) is 5.58. The molecule has 20 heavy (non-hydrogen) atoms. The molecule has 6 heteroatoms. The van der Waals surface area contributed by atoms with Crippen LogP contribution >= 0.6 is 23.5 Å². The van der Waals surface area contributed by atoms with E-state index in [9.17, 15) is 14.7 Å². The predicted molar refractivity (Wildman–Crippen MR) is 84.4 cm³/mol. The van der Waals surface area contributed by atoms with E-state index in [4.69, 9.17) is 0 Å². The highest BCUT2D eigenvalue weighted by Crippen LogP contribution is 2.29. The number of aliphatic carboxylic acids is 1. The van der Waals surface area contributed by atoms with Crippen molar-refractivity contribution in [3.8, 4) is 0 Å². The van der Waals surface area contributed by atoms with Crippen molar-refractivity contribution < 1.29 is 14.7 Å². The normalized spacial score (nSPS) is 26.5. The van der Waals surface area contributed by atoms with Crippen LogP contribution in [0.4, 0.5) is 0 Å². The number of rotatable bonds is 4. The number of hydrogen-bond donors (Lipinski definition) is 2. The van der Waals surface area contributed by atoms with Gasteiger partial charge in [0, 0.05) is 28.9 Å². The lowest BCUT2D eigenvalue weighted by atomic mass is 9.90. The highest BCUT2D eigenvalue weighted by Gasteiger charge is 2.40. The van der Waals surface area contributed by atoms with Gasteiger partial charge in [-0.2, -0.15) is 23.5 Å². The van der Waals surface area contributed by atoms with Crippen molar-refractivity contribution in [2.75, 3.05) is 17.3 Å². The summed E-state index contributed by atoms with van der Waals surface area (Å²) >= 11 is 3.72. The number of carbonyl (C=O) groups excluding carboxylic acids is 1. The average molecular weight is 317 g/mol. The van der Waals surface area contributed by atoms with E-state index in [2.05, 4.69) is 5.32 Å². The largest absolute Gasteiger partial charge is 0.480 e. The Morgan fingerprint density at radius 1 is 1.15 bits per heavy atom. The third kappa shape index (κ3) is 4.32. The van der Waals surface area contributed by atoms with Gasteiger partial charge in [0.25, 0.3) is 0 Å². The SMILES string of the molecule is O=C(CC1CSCCS1)NC1(C(=O)O)CCCCCC1. The van der Waals surface area contributed by atoms with E-state index in [1.807, 2.05) is 23.5 Å². The Labute approximate surface area is 128 Å². The van der Waals surface area contributed by atoms with Crippen LogP contribution < -0.4 is 5.32 Å². The number of nitrogens with one attached hydrogen (secondary N) is 1. The molecule has 114 valence electrons. The Bertz CT molecular complexity index is 348. The lowest BCUT2D eigenvalue weighted by Crippen LogP contribution is -2.54. The molecule has 1 amide bonds. The minimum Gasteiger partial charge on any atom is -0.480 e. The number of amides is 1. The van der Waals surface area contributed by atoms with Gasteiger partial charge in [-0.05, 0) is 12.8 Å². The second-order valence-corrected chi connectivity index (χ2v) is 8.18. The van der Waals surface area contributed by atoms with Crippen LogP contribution in [0.3, 0.4) is 0 Å². The fraction of sp³-hybridized carbons (Fsp3) is 0.857. The molecule has 0 aromatic carbocycles. The first-order chi connectivity index (χ1) is 9.62. The van der Waals surface area contributed by atoms with Crippen LogP contribution in [0.15, 0.2) is 0 Å². The average Bonchev–Trinajstić information content (AvgIpc) is 2.66. The molecule has 1 aliphatic heterocycles. The summed E-state index contributed by atoms with van der Waals surface area (Å²) in [5.41, 5.74) is -1.01. The molecule has 0 aromatic rings. The maximum Gasteiger partial charge on any atom is 0.329 e. The fourth-order valence-electron chi connectivity index (χ4n) is 2.90. The van der Waals surface area contributed by atoms with Crippen LogP contribution in [0.5, 0.6) is 0 Å². The minimum atomic E-state index is -1.01. The highest BCUT2D eigenvalue weighted by atomic mass is 32.2. The molecule has 1 aliphatic carbocycles. The molecular weight excluding hydrogens is 294 g/mol. The second kappa shape index (κ2) is 7.59. The second-order valence-electron chi connectivity index (χ2n) is 5.62. The van der Waals surface area contributed by atoms with E-state index in [0.29, 0.717) is 24.5 Å². The van der Waals surface area contributed by atoms with Crippen LogP contribution in [0.25, 0.3) is 0 Å². The smallest absolute Gasteiger partial charge is 0.329 e. The van der Waals surface area contributed by atoms with Gasteiger partial charge in [-0.15, -0.1) is 0 Å². The van der Waals surface area contributed by atoms with Gasteiger partial charge in [0.1, 0.15) is 5.54 Å². The number of thioether (sulfide) groups is 2. The summed E-state index contributed by atoms with van der Waals surface area (Å²) in [6.07, 6.45) is 5.51. The molecule has 4 nitrogen and oxygen atoms in total. The van der Waals surface area contributed by atoms with E-state index >= 15 is 0 Å². The van der Waals surface area contributed by atoms with E-state index in [-0.39, 0.29) is 5.91 Å². The molecule has 1 unspecified atom stereocenters. The van der Waals surface area contributed by atoms with Crippen molar-refractivity contribution >= 4 is 35.4 Å². The van der Waals surface area contributed by atoms with E-state index in [1.54, 1.807) is 0 Å². The summed E-state index contributed by atoms with van der Waals surface area (Å²) in [5, 5.41) is 12.7. The number of carbonyl (C=O) groups is 2. The third-order valence-corrected chi connectivity index (χ3v) is 6.89. The summed E-state index contributed by atoms with van der Waals surface area (Å²) in [4.78, 5) is 23.8. The molecule has 2 N–H and O–H groups in total. The molecule has 2 rings (SSSR count). The predicted octanol–water partition coefficient (Wildman–Crippen LogP) is 2.52. The van der Waals surface area contributed by atoms with Crippen molar-refractivity contribution in [2.45, 2.75) is 55.7 Å². The van der Waals surface area contributed by atoms with Crippen LogP contribution in [-0.4, -0.2) is 45.0 Å². The molecular formula is C14H23NO3S2. The van der Waals surface area contributed by atoms with Crippen LogP contribution in [0.2, 0.25) is 0 Å². The quantitative estimate of drug-likeness (QED) is 0.780. The van der Waals surface area contributed by atoms with Crippen LogP contribution in [-0.2, 0) is 9.59 Å². The lowest BCUT2D eigenvalue weighted by molar-refractivity contribution is -0.148. The zero-order valence-corrected chi connectivity index (χ0v) is 13.4. The molecule has 1 atom stereocenters. The van der Waals surface area contributed by atoms with Gasteiger partial charge < -0.3 is 10.4 Å². The number of carboxylic acids is 1. The highest BCUT2D eigenvalue weighted by molar-refractivity contribution is 8.06. The summed E-state index contributed by atoms with van der Waals surface area (Å²) < 4.78 is 0. The molecule has 2 fully saturated rings. The van der Waals surface area contributed by atoms with Gasteiger partial charge in [0.05, 0.1) is 0 Å². The Hall–Kier alpha value is -0.360. The van der Waals surface area contributed by atoms with Gasteiger partial charge >= 0.3 is 5.97 Å². The molecule has 1 saturated carbocycles. The van der Waals surface area contributed by atoms with E-state index in [0.717, 1.165) is 42.9 Å². The maximum absolute atomic E-state index is 12.2. The topological polar surface area (TPSA) is 66.4 Å². The van der Waals surface area contributed by atoms with Gasteiger partial charge in [-0.1, -0.05) is 25.7 Å². The van der Waals surface area contributed by atoms with Crippen molar-refractivity contribution in [3.63, 3.8) is 0 Å². The number of carboxylic acid groups (broad SMARTS) is 1. The minimum absolute atomic E-state index is 0.0886. The first-order valence-electron chi connectivity index (χ1n) is 7.36. The molecule has 0 bridgehead atoms. The first-order valence-corrected chi connectivity index (χ1v) is 9.56. The molecule has 1 heterocycles. The molecule has 0 spiro atoms. The maximum atomic E-state index is 12.2. The monoisotopic (exact) mass is 317 g/mol. The summed E-state index contributed by atoms with van der Waals surface area (Å²) in [6, 6.07) is 0. The zero-order valence-electron chi connectivity index (χ0n) is 11.7. The van der Waals surface area contributed by atoms with E-state index in [1.165, 1.54) is 0 Å². The zero-order chi connectivity index (χ0) is 14.4. The summed E-state index contributed by atoms with van der Waals surface area (Å²) in [5.74, 6) is 2.29. The van der Waals surface area contributed by atoms with Crippen LogP contribution in [0, 0.1) is 0 Å².